The molecule has 3 aromatic rings. The minimum atomic E-state index is 0.602. The summed E-state index contributed by atoms with van der Waals surface area (Å²) in [5, 5.41) is 4.02. The maximum atomic E-state index is 5.66. The van der Waals surface area contributed by atoms with Gasteiger partial charge in [0.1, 0.15) is 0 Å². The monoisotopic (exact) mass is 265 g/mol. The summed E-state index contributed by atoms with van der Waals surface area (Å²) < 4.78 is 5.29. The lowest BCUT2D eigenvalue weighted by Crippen LogP contribution is -1.90. The van der Waals surface area contributed by atoms with Crippen molar-refractivity contribution in [1.82, 2.24) is 10.1 Å². The summed E-state index contributed by atoms with van der Waals surface area (Å²) in [5.74, 6) is 1.22. The highest BCUT2D eigenvalue weighted by molar-refractivity contribution is 5.54. The molecule has 2 aromatic carbocycles. The lowest BCUT2D eigenvalue weighted by Gasteiger charge is -1.97. The third kappa shape index (κ3) is 2.69. The number of nitrogen functional groups attached to an aromatic ring is 1. The van der Waals surface area contributed by atoms with Crippen molar-refractivity contribution < 1.29 is 4.52 Å². The van der Waals surface area contributed by atoms with E-state index < -0.39 is 0 Å². The van der Waals surface area contributed by atoms with Crippen LogP contribution in [0.15, 0.2) is 53.1 Å². The van der Waals surface area contributed by atoms with E-state index in [0.29, 0.717) is 18.1 Å². The van der Waals surface area contributed by atoms with Gasteiger partial charge in [0, 0.05) is 11.3 Å². The molecule has 0 aliphatic rings. The minimum Gasteiger partial charge on any atom is -0.399 e. The zero-order valence-corrected chi connectivity index (χ0v) is 11.2. The molecule has 0 fully saturated rings. The molecule has 1 heterocycles. The first-order valence-electron chi connectivity index (χ1n) is 6.45. The molecule has 4 nitrogen and oxygen atoms in total. The van der Waals surface area contributed by atoms with Crippen molar-refractivity contribution in [3.8, 4) is 11.4 Å². The van der Waals surface area contributed by atoms with Crippen LogP contribution >= 0.6 is 0 Å². The van der Waals surface area contributed by atoms with Crippen molar-refractivity contribution in [1.29, 1.82) is 0 Å². The number of benzene rings is 2. The predicted molar refractivity (Wildman–Crippen MR) is 78.1 cm³/mol. The van der Waals surface area contributed by atoms with E-state index in [1.165, 1.54) is 5.56 Å². The van der Waals surface area contributed by atoms with Crippen LogP contribution in [0.1, 0.15) is 17.0 Å². The van der Waals surface area contributed by atoms with Crippen molar-refractivity contribution >= 4 is 5.69 Å². The van der Waals surface area contributed by atoms with Crippen LogP contribution in [0.4, 0.5) is 5.69 Å². The highest BCUT2D eigenvalue weighted by Crippen LogP contribution is 2.18. The summed E-state index contributed by atoms with van der Waals surface area (Å²) in [6.07, 6.45) is 0.610. The molecular weight excluding hydrogens is 250 g/mol. The maximum Gasteiger partial charge on any atom is 0.231 e. The van der Waals surface area contributed by atoms with Gasteiger partial charge in [-0.3, -0.25) is 0 Å². The van der Waals surface area contributed by atoms with Crippen molar-refractivity contribution in [2.45, 2.75) is 13.3 Å². The molecule has 0 aliphatic heterocycles. The first kappa shape index (κ1) is 12.4. The van der Waals surface area contributed by atoms with Gasteiger partial charge in [-0.15, -0.1) is 0 Å². The maximum absolute atomic E-state index is 5.66. The van der Waals surface area contributed by atoms with Gasteiger partial charge in [0.2, 0.25) is 11.7 Å². The van der Waals surface area contributed by atoms with Crippen LogP contribution in [0.5, 0.6) is 0 Å². The molecule has 4 heteroatoms. The fourth-order valence-electron chi connectivity index (χ4n) is 1.96. The number of hydrogen-bond acceptors (Lipinski definition) is 4. The predicted octanol–water partition coefficient (Wildman–Crippen LogP) is 3.22. The Morgan fingerprint density at radius 1 is 1.00 bits per heavy atom. The normalized spacial score (nSPS) is 10.7. The first-order valence-corrected chi connectivity index (χ1v) is 6.45. The van der Waals surface area contributed by atoms with Gasteiger partial charge >= 0.3 is 0 Å². The van der Waals surface area contributed by atoms with Crippen LogP contribution in [0.3, 0.4) is 0 Å². The van der Waals surface area contributed by atoms with E-state index in [1.807, 2.05) is 55.5 Å². The summed E-state index contributed by atoms with van der Waals surface area (Å²) in [7, 11) is 0. The zero-order valence-electron chi connectivity index (χ0n) is 11.2. The second kappa shape index (κ2) is 5.17. The van der Waals surface area contributed by atoms with Crippen molar-refractivity contribution in [3.63, 3.8) is 0 Å². The van der Waals surface area contributed by atoms with Crippen molar-refractivity contribution in [2.75, 3.05) is 5.73 Å². The van der Waals surface area contributed by atoms with E-state index in [2.05, 4.69) is 10.1 Å². The van der Waals surface area contributed by atoms with Gasteiger partial charge in [-0.2, -0.15) is 4.98 Å². The third-order valence-corrected chi connectivity index (χ3v) is 3.11. The standard InChI is InChI=1S/C16H15N3O/c1-11-2-6-13(7-3-11)16-18-15(20-19-16)10-12-4-8-14(17)9-5-12/h2-9H,10,17H2,1H3. The van der Waals surface area contributed by atoms with Crippen LogP contribution in [0, 0.1) is 6.92 Å². The molecule has 1 aromatic heterocycles. The Balaban J connectivity index is 1.80. The Morgan fingerprint density at radius 3 is 2.40 bits per heavy atom. The van der Waals surface area contributed by atoms with Crippen molar-refractivity contribution in [2.24, 2.45) is 0 Å². The van der Waals surface area contributed by atoms with Crippen LogP contribution < -0.4 is 5.73 Å². The Bertz CT molecular complexity index is 699. The van der Waals surface area contributed by atoms with Crippen LogP contribution in [-0.4, -0.2) is 10.1 Å². The quantitative estimate of drug-likeness (QED) is 0.738. The summed E-state index contributed by atoms with van der Waals surface area (Å²) in [6.45, 7) is 2.05. The average Bonchev–Trinajstić information content (AvgIpc) is 2.91. The Morgan fingerprint density at radius 2 is 1.70 bits per heavy atom. The number of anilines is 1. The van der Waals surface area contributed by atoms with E-state index in [1.54, 1.807) is 0 Å². The van der Waals surface area contributed by atoms with Gasteiger partial charge in [0.05, 0.1) is 6.42 Å². The molecule has 100 valence electrons. The molecule has 0 amide bonds. The molecule has 0 atom stereocenters. The van der Waals surface area contributed by atoms with E-state index in [-0.39, 0.29) is 0 Å². The summed E-state index contributed by atoms with van der Waals surface area (Å²) in [6, 6.07) is 15.7. The average molecular weight is 265 g/mol. The Hall–Kier alpha value is -2.62. The third-order valence-electron chi connectivity index (χ3n) is 3.11. The fourth-order valence-corrected chi connectivity index (χ4v) is 1.96. The number of hydrogen-bond donors (Lipinski definition) is 1. The second-order valence-electron chi connectivity index (χ2n) is 4.80. The molecule has 0 bridgehead atoms. The van der Waals surface area contributed by atoms with Crippen molar-refractivity contribution in [3.05, 3.63) is 65.5 Å². The van der Waals surface area contributed by atoms with E-state index in [0.717, 1.165) is 16.8 Å². The molecule has 0 saturated heterocycles. The summed E-state index contributed by atoms with van der Waals surface area (Å²) >= 11 is 0. The molecule has 0 spiro atoms. The SMILES string of the molecule is Cc1ccc(-c2noc(Cc3ccc(N)cc3)n2)cc1. The molecule has 0 aliphatic carbocycles. The Kier molecular flexibility index (Phi) is 3.21. The second-order valence-corrected chi connectivity index (χ2v) is 4.80. The molecular formula is C16H15N3O. The zero-order chi connectivity index (χ0) is 13.9. The Labute approximate surface area is 117 Å². The lowest BCUT2D eigenvalue weighted by atomic mass is 10.1. The van der Waals surface area contributed by atoms with Gasteiger partial charge in [0.15, 0.2) is 0 Å². The molecule has 0 saturated carbocycles. The summed E-state index contributed by atoms with van der Waals surface area (Å²) in [5.41, 5.74) is 9.67. The lowest BCUT2D eigenvalue weighted by molar-refractivity contribution is 0.385. The van der Waals surface area contributed by atoms with Crippen LogP contribution in [0.25, 0.3) is 11.4 Å². The largest absolute Gasteiger partial charge is 0.399 e. The highest BCUT2D eigenvalue weighted by Gasteiger charge is 2.09. The first-order chi connectivity index (χ1) is 9.70. The van der Waals surface area contributed by atoms with Crippen LogP contribution in [0.2, 0.25) is 0 Å². The van der Waals surface area contributed by atoms with Gasteiger partial charge in [-0.1, -0.05) is 47.1 Å². The molecule has 3 rings (SSSR count). The topological polar surface area (TPSA) is 64.9 Å². The summed E-state index contributed by atoms with van der Waals surface area (Å²) in [4.78, 5) is 4.42. The van der Waals surface area contributed by atoms with Crippen LogP contribution in [-0.2, 0) is 6.42 Å². The molecule has 0 radical (unpaired) electrons. The van der Waals surface area contributed by atoms with Gasteiger partial charge in [-0.25, -0.2) is 0 Å². The number of nitrogens with two attached hydrogens (primary N) is 1. The smallest absolute Gasteiger partial charge is 0.231 e. The van der Waals surface area contributed by atoms with E-state index in [4.69, 9.17) is 10.3 Å². The number of nitrogens with zero attached hydrogens (tertiary/aromatic N) is 2. The fraction of sp³-hybridized carbons (Fsp3) is 0.125. The number of aromatic nitrogens is 2. The van der Waals surface area contributed by atoms with E-state index >= 15 is 0 Å². The molecule has 20 heavy (non-hydrogen) atoms. The number of aryl methyl sites for hydroxylation is 1. The van der Waals surface area contributed by atoms with Gasteiger partial charge in [0.25, 0.3) is 0 Å². The highest BCUT2D eigenvalue weighted by atomic mass is 16.5. The molecule has 2 N–H and O–H groups in total. The molecule has 0 unspecified atom stereocenters. The van der Waals surface area contributed by atoms with E-state index in [9.17, 15) is 0 Å². The van der Waals surface area contributed by atoms with Gasteiger partial charge < -0.3 is 10.3 Å². The number of rotatable bonds is 3. The minimum absolute atomic E-state index is 0.602. The van der Waals surface area contributed by atoms with Gasteiger partial charge in [-0.05, 0) is 24.6 Å².